The van der Waals surface area contributed by atoms with E-state index in [9.17, 15) is 4.79 Å². The second-order valence-electron chi connectivity index (χ2n) is 3.91. The summed E-state index contributed by atoms with van der Waals surface area (Å²) >= 11 is 0. The number of rotatable bonds is 5. The SMILES string of the molecule is CCCNC(=O)NCC(C)(C)C(=N)N. The van der Waals surface area contributed by atoms with E-state index in [0.717, 1.165) is 6.42 Å². The van der Waals surface area contributed by atoms with Crippen molar-refractivity contribution in [1.29, 1.82) is 5.41 Å². The summed E-state index contributed by atoms with van der Waals surface area (Å²) in [5.41, 5.74) is 4.89. The maximum Gasteiger partial charge on any atom is 0.314 e. The van der Waals surface area contributed by atoms with Gasteiger partial charge in [-0.2, -0.15) is 0 Å². The van der Waals surface area contributed by atoms with Crippen LogP contribution in [-0.4, -0.2) is 25.0 Å². The highest BCUT2D eigenvalue weighted by molar-refractivity contribution is 5.84. The molecule has 82 valence electrons. The van der Waals surface area contributed by atoms with E-state index >= 15 is 0 Å². The Morgan fingerprint density at radius 2 is 2.00 bits per heavy atom. The van der Waals surface area contributed by atoms with Crippen LogP contribution in [0.25, 0.3) is 0 Å². The summed E-state index contributed by atoms with van der Waals surface area (Å²) in [6.07, 6.45) is 0.906. The van der Waals surface area contributed by atoms with Crippen molar-refractivity contribution in [3.63, 3.8) is 0 Å². The summed E-state index contributed by atoms with van der Waals surface area (Å²) in [6.45, 7) is 6.65. The quantitative estimate of drug-likeness (QED) is 0.388. The molecule has 5 N–H and O–H groups in total. The fourth-order valence-corrected chi connectivity index (χ4v) is 0.698. The molecular weight excluding hydrogens is 180 g/mol. The third-order valence-corrected chi connectivity index (χ3v) is 1.96. The second kappa shape index (κ2) is 5.47. The van der Waals surface area contributed by atoms with Crippen molar-refractivity contribution in [3.05, 3.63) is 0 Å². The monoisotopic (exact) mass is 200 g/mol. The first-order valence-electron chi connectivity index (χ1n) is 4.76. The molecule has 0 aromatic carbocycles. The lowest BCUT2D eigenvalue weighted by Crippen LogP contribution is -2.45. The molecule has 0 spiro atoms. The first-order valence-corrected chi connectivity index (χ1v) is 4.76. The molecule has 0 heterocycles. The predicted octanol–water partition coefficient (Wildman–Crippen LogP) is 0.658. The van der Waals surface area contributed by atoms with Gasteiger partial charge in [0, 0.05) is 18.5 Å². The van der Waals surface area contributed by atoms with Gasteiger partial charge in [0.25, 0.3) is 0 Å². The second-order valence-corrected chi connectivity index (χ2v) is 3.91. The number of urea groups is 1. The van der Waals surface area contributed by atoms with E-state index in [1.165, 1.54) is 0 Å². The molecule has 0 bridgehead atoms. The van der Waals surface area contributed by atoms with Crippen molar-refractivity contribution in [2.45, 2.75) is 27.2 Å². The van der Waals surface area contributed by atoms with Crippen LogP contribution in [0, 0.1) is 10.8 Å². The van der Waals surface area contributed by atoms with E-state index < -0.39 is 5.41 Å². The zero-order valence-electron chi connectivity index (χ0n) is 9.11. The molecular formula is C9H20N4O. The summed E-state index contributed by atoms with van der Waals surface area (Å²) in [7, 11) is 0. The highest BCUT2D eigenvalue weighted by atomic mass is 16.2. The average molecular weight is 200 g/mol. The summed E-state index contributed by atoms with van der Waals surface area (Å²) in [6, 6.07) is -0.207. The maximum atomic E-state index is 11.1. The Kier molecular flexibility index (Phi) is 4.97. The summed E-state index contributed by atoms with van der Waals surface area (Å²) in [5.74, 6) is 0.0771. The summed E-state index contributed by atoms with van der Waals surface area (Å²) in [5, 5.41) is 12.6. The molecule has 0 fully saturated rings. The molecule has 0 atom stereocenters. The zero-order chi connectivity index (χ0) is 11.2. The number of amides is 2. The fourth-order valence-electron chi connectivity index (χ4n) is 0.698. The number of nitrogens with two attached hydrogens (primary N) is 1. The van der Waals surface area contributed by atoms with Gasteiger partial charge in [0.15, 0.2) is 0 Å². The molecule has 0 aliphatic carbocycles. The van der Waals surface area contributed by atoms with Gasteiger partial charge < -0.3 is 16.4 Å². The van der Waals surface area contributed by atoms with Gasteiger partial charge in [0.2, 0.25) is 0 Å². The minimum atomic E-state index is -0.483. The van der Waals surface area contributed by atoms with Crippen LogP contribution in [-0.2, 0) is 0 Å². The van der Waals surface area contributed by atoms with Crippen LogP contribution in [0.15, 0.2) is 0 Å². The van der Waals surface area contributed by atoms with Crippen LogP contribution in [0.2, 0.25) is 0 Å². The molecule has 0 rings (SSSR count). The fraction of sp³-hybridized carbons (Fsp3) is 0.778. The highest BCUT2D eigenvalue weighted by Crippen LogP contribution is 2.11. The van der Waals surface area contributed by atoms with Crippen molar-refractivity contribution in [3.8, 4) is 0 Å². The van der Waals surface area contributed by atoms with E-state index in [4.69, 9.17) is 11.1 Å². The van der Waals surface area contributed by atoms with Crippen LogP contribution >= 0.6 is 0 Å². The molecule has 14 heavy (non-hydrogen) atoms. The molecule has 0 saturated heterocycles. The standard InChI is InChI=1S/C9H20N4O/c1-4-5-12-8(14)13-6-9(2,3)7(10)11/h4-6H2,1-3H3,(H3,10,11)(H2,12,13,14). The largest absolute Gasteiger partial charge is 0.387 e. The van der Waals surface area contributed by atoms with Crippen molar-refractivity contribution in [1.82, 2.24) is 10.6 Å². The molecule has 0 unspecified atom stereocenters. The van der Waals surface area contributed by atoms with Gasteiger partial charge in [-0.25, -0.2) is 4.79 Å². The summed E-state index contributed by atoms with van der Waals surface area (Å²) < 4.78 is 0. The Morgan fingerprint density at radius 3 is 2.43 bits per heavy atom. The first-order chi connectivity index (χ1) is 6.40. The smallest absolute Gasteiger partial charge is 0.314 e. The Hall–Kier alpha value is -1.26. The van der Waals surface area contributed by atoms with Gasteiger partial charge in [-0.05, 0) is 6.42 Å². The van der Waals surface area contributed by atoms with Crippen LogP contribution in [0.3, 0.4) is 0 Å². The van der Waals surface area contributed by atoms with E-state index in [-0.39, 0.29) is 11.9 Å². The van der Waals surface area contributed by atoms with Gasteiger partial charge in [0.05, 0.1) is 5.84 Å². The van der Waals surface area contributed by atoms with Crippen molar-refractivity contribution >= 4 is 11.9 Å². The van der Waals surface area contributed by atoms with E-state index in [2.05, 4.69) is 10.6 Å². The predicted molar refractivity (Wildman–Crippen MR) is 57.4 cm³/mol. The van der Waals surface area contributed by atoms with Crippen molar-refractivity contribution in [2.75, 3.05) is 13.1 Å². The topological polar surface area (TPSA) is 91.0 Å². The molecule has 0 saturated carbocycles. The number of carbonyl (C=O) groups excluding carboxylic acids is 1. The lowest BCUT2D eigenvalue weighted by atomic mass is 9.92. The molecule has 5 nitrogen and oxygen atoms in total. The van der Waals surface area contributed by atoms with Crippen LogP contribution in [0.4, 0.5) is 4.79 Å². The molecule has 0 aliphatic rings. The maximum absolute atomic E-state index is 11.1. The normalized spacial score (nSPS) is 10.8. The lowest BCUT2D eigenvalue weighted by molar-refractivity contribution is 0.238. The van der Waals surface area contributed by atoms with Crippen LogP contribution in [0.5, 0.6) is 0 Å². The Morgan fingerprint density at radius 1 is 1.43 bits per heavy atom. The van der Waals surface area contributed by atoms with E-state index in [0.29, 0.717) is 13.1 Å². The van der Waals surface area contributed by atoms with Gasteiger partial charge in [-0.3, -0.25) is 5.41 Å². The first kappa shape index (κ1) is 12.7. The highest BCUT2D eigenvalue weighted by Gasteiger charge is 2.21. The average Bonchev–Trinajstić information content (AvgIpc) is 2.11. The van der Waals surface area contributed by atoms with Gasteiger partial charge >= 0.3 is 6.03 Å². The molecule has 0 aromatic heterocycles. The third kappa shape index (κ3) is 4.69. The minimum absolute atomic E-state index is 0.0771. The Bertz CT molecular complexity index is 213. The Labute approximate surface area is 84.9 Å². The molecule has 5 heteroatoms. The number of carbonyl (C=O) groups is 1. The number of nitrogens with one attached hydrogen (secondary N) is 3. The minimum Gasteiger partial charge on any atom is -0.387 e. The number of hydrogen-bond donors (Lipinski definition) is 4. The molecule has 0 radical (unpaired) electrons. The van der Waals surface area contributed by atoms with Gasteiger partial charge in [-0.15, -0.1) is 0 Å². The molecule has 0 aromatic rings. The van der Waals surface area contributed by atoms with Gasteiger partial charge in [-0.1, -0.05) is 20.8 Å². The van der Waals surface area contributed by atoms with Crippen LogP contribution < -0.4 is 16.4 Å². The zero-order valence-corrected chi connectivity index (χ0v) is 9.11. The Balaban J connectivity index is 3.82. The third-order valence-electron chi connectivity index (χ3n) is 1.96. The molecule has 2 amide bonds. The molecule has 0 aliphatic heterocycles. The number of hydrogen-bond acceptors (Lipinski definition) is 2. The van der Waals surface area contributed by atoms with E-state index in [1.54, 1.807) is 0 Å². The van der Waals surface area contributed by atoms with E-state index in [1.807, 2.05) is 20.8 Å². The van der Waals surface area contributed by atoms with Crippen molar-refractivity contribution < 1.29 is 4.79 Å². The lowest BCUT2D eigenvalue weighted by Gasteiger charge is -2.23. The van der Waals surface area contributed by atoms with Gasteiger partial charge in [0.1, 0.15) is 0 Å². The van der Waals surface area contributed by atoms with Crippen molar-refractivity contribution in [2.24, 2.45) is 11.1 Å². The van der Waals surface area contributed by atoms with Crippen LogP contribution in [0.1, 0.15) is 27.2 Å². The summed E-state index contributed by atoms with van der Waals surface area (Å²) in [4.78, 5) is 11.1. The number of amidine groups is 1.